The third-order valence-corrected chi connectivity index (χ3v) is 2.83. The van der Waals surface area contributed by atoms with Gasteiger partial charge in [0.15, 0.2) is 0 Å². The minimum absolute atomic E-state index is 0.178. The molecule has 1 N–H and O–H groups in total. The summed E-state index contributed by atoms with van der Waals surface area (Å²) in [4.78, 5) is 0. The molecule has 2 rings (SSSR count). The second-order valence-electron chi connectivity index (χ2n) is 3.65. The normalized spacial score (nSPS) is 20.8. The van der Waals surface area contributed by atoms with E-state index in [0.29, 0.717) is 24.8 Å². The van der Waals surface area contributed by atoms with Crippen molar-refractivity contribution in [1.82, 2.24) is 5.32 Å². The van der Waals surface area contributed by atoms with Crippen molar-refractivity contribution in [3.63, 3.8) is 0 Å². The number of hydrogen-bond acceptors (Lipinski definition) is 2. The average Bonchev–Trinajstić information content (AvgIpc) is 2.73. The van der Waals surface area contributed by atoms with Gasteiger partial charge >= 0.3 is 0 Å². The Kier molecular flexibility index (Phi) is 3.57. The van der Waals surface area contributed by atoms with Gasteiger partial charge < -0.3 is 10.1 Å². The summed E-state index contributed by atoms with van der Waals surface area (Å²) in [6.07, 6.45) is 0.988. The van der Waals surface area contributed by atoms with E-state index in [0.717, 1.165) is 13.0 Å². The molecule has 1 heterocycles. The molecule has 15 heavy (non-hydrogen) atoms. The molecule has 0 radical (unpaired) electrons. The first-order chi connectivity index (χ1) is 7.27. The molecular formula is C11H13ClFNO. The van der Waals surface area contributed by atoms with Crippen molar-refractivity contribution in [2.24, 2.45) is 0 Å². The zero-order valence-corrected chi connectivity index (χ0v) is 9.06. The predicted molar refractivity (Wildman–Crippen MR) is 57.5 cm³/mol. The summed E-state index contributed by atoms with van der Waals surface area (Å²) < 4.78 is 18.7. The van der Waals surface area contributed by atoms with Crippen LogP contribution in [0.4, 0.5) is 4.39 Å². The van der Waals surface area contributed by atoms with Gasteiger partial charge in [-0.25, -0.2) is 4.39 Å². The summed E-state index contributed by atoms with van der Waals surface area (Å²) in [6.45, 7) is 2.00. The number of rotatable bonds is 3. The number of ether oxygens (including phenoxy) is 1. The van der Waals surface area contributed by atoms with E-state index in [1.54, 1.807) is 18.2 Å². The molecule has 0 amide bonds. The van der Waals surface area contributed by atoms with Crippen molar-refractivity contribution < 1.29 is 9.13 Å². The number of nitrogens with one attached hydrogen (secondary N) is 1. The lowest BCUT2D eigenvalue weighted by molar-refractivity contribution is 0.189. The highest BCUT2D eigenvalue weighted by molar-refractivity contribution is 6.30. The van der Waals surface area contributed by atoms with E-state index in [-0.39, 0.29) is 10.8 Å². The standard InChI is InChI=1S/C11H13ClFNO/c12-10-3-1-2-8(11(10)13)6-14-9-4-5-15-7-9/h1-3,9,14H,4-7H2. The van der Waals surface area contributed by atoms with E-state index in [1.807, 2.05) is 0 Å². The van der Waals surface area contributed by atoms with Crippen LogP contribution in [-0.4, -0.2) is 19.3 Å². The minimum atomic E-state index is -0.328. The van der Waals surface area contributed by atoms with E-state index in [2.05, 4.69) is 5.32 Å². The zero-order chi connectivity index (χ0) is 10.7. The Balaban J connectivity index is 1.95. The predicted octanol–water partition coefficient (Wildman–Crippen LogP) is 2.36. The van der Waals surface area contributed by atoms with E-state index in [1.165, 1.54) is 0 Å². The summed E-state index contributed by atoms with van der Waals surface area (Å²) in [6, 6.07) is 5.39. The maximum absolute atomic E-state index is 13.5. The van der Waals surface area contributed by atoms with Gasteiger partial charge in [0.25, 0.3) is 0 Å². The maximum atomic E-state index is 13.5. The fourth-order valence-corrected chi connectivity index (χ4v) is 1.83. The van der Waals surface area contributed by atoms with Gasteiger partial charge in [0, 0.05) is 24.8 Å². The van der Waals surface area contributed by atoms with Gasteiger partial charge in [-0.1, -0.05) is 23.7 Å². The zero-order valence-electron chi connectivity index (χ0n) is 8.30. The lowest BCUT2D eigenvalue weighted by Gasteiger charge is -2.11. The molecular weight excluding hydrogens is 217 g/mol. The average molecular weight is 230 g/mol. The summed E-state index contributed by atoms with van der Waals surface area (Å²) in [5, 5.41) is 3.42. The fourth-order valence-electron chi connectivity index (χ4n) is 1.63. The molecule has 0 aromatic heterocycles. The first-order valence-electron chi connectivity index (χ1n) is 5.01. The molecule has 1 unspecified atom stereocenters. The summed E-state index contributed by atoms with van der Waals surface area (Å²) in [5.41, 5.74) is 0.606. The van der Waals surface area contributed by atoms with Crippen LogP contribution < -0.4 is 5.32 Å². The van der Waals surface area contributed by atoms with Crippen LogP contribution in [0.5, 0.6) is 0 Å². The van der Waals surface area contributed by atoms with Crippen LogP contribution in [0.3, 0.4) is 0 Å². The van der Waals surface area contributed by atoms with Gasteiger partial charge in [0.1, 0.15) is 5.82 Å². The molecule has 0 aliphatic carbocycles. The van der Waals surface area contributed by atoms with Crippen LogP contribution in [-0.2, 0) is 11.3 Å². The summed E-state index contributed by atoms with van der Waals surface area (Å²) in [7, 11) is 0. The minimum Gasteiger partial charge on any atom is -0.380 e. The maximum Gasteiger partial charge on any atom is 0.146 e. The van der Waals surface area contributed by atoms with Crippen molar-refractivity contribution in [3.8, 4) is 0 Å². The highest BCUT2D eigenvalue weighted by Gasteiger charge is 2.15. The molecule has 1 fully saturated rings. The largest absolute Gasteiger partial charge is 0.380 e. The molecule has 0 saturated carbocycles. The highest BCUT2D eigenvalue weighted by atomic mass is 35.5. The molecule has 4 heteroatoms. The van der Waals surface area contributed by atoms with Gasteiger partial charge in [-0.3, -0.25) is 0 Å². The third kappa shape index (κ3) is 2.68. The lowest BCUT2D eigenvalue weighted by atomic mass is 10.2. The highest BCUT2D eigenvalue weighted by Crippen LogP contribution is 2.18. The Morgan fingerprint density at radius 1 is 1.53 bits per heavy atom. The molecule has 0 spiro atoms. The monoisotopic (exact) mass is 229 g/mol. The summed E-state index contributed by atoms with van der Waals surface area (Å²) in [5.74, 6) is -0.328. The topological polar surface area (TPSA) is 21.3 Å². The van der Waals surface area contributed by atoms with Gasteiger partial charge in [0.2, 0.25) is 0 Å². The Morgan fingerprint density at radius 2 is 2.40 bits per heavy atom. The molecule has 2 nitrogen and oxygen atoms in total. The van der Waals surface area contributed by atoms with Crippen molar-refractivity contribution >= 4 is 11.6 Å². The van der Waals surface area contributed by atoms with Crippen molar-refractivity contribution in [3.05, 3.63) is 34.6 Å². The number of benzene rings is 1. The number of halogens is 2. The van der Waals surface area contributed by atoms with E-state index < -0.39 is 0 Å². The van der Waals surface area contributed by atoms with Gasteiger partial charge in [-0.05, 0) is 12.5 Å². The molecule has 0 bridgehead atoms. The first-order valence-corrected chi connectivity index (χ1v) is 5.39. The fraction of sp³-hybridized carbons (Fsp3) is 0.455. The quantitative estimate of drug-likeness (QED) is 0.859. The van der Waals surface area contributed by atoms with Gasteiger partial charge in [-0.2, -0.15) is 0 Å². The van der Waals surface area contributed by atoms with Crippen LogP contribution in [0.15, 0.2) is 18.2 Å². The van der Waals surface area contributed by atoms with Crippen LogP contribution in [0.2, 0.25) is 5.02 Å². The van der Waals surface area contributed by atoms with E-state index in [4.69, 9.17) is 16.3 Å². The molecule has 82 valence electrons. The van der Waals surface area contributed by atoms with E-state index >= 15 is 0 Å². The molecule has 1 aliphatic rings. The molecule has 1 aromatic carbocycles. The molecule has 1 aromatic rings. The smallest absolute Gasteiger partial charge is 0.146 e. The van der Waals surface area contributed by atoms with Gasteiger partial charge in [0.05, 0.1) is 11.6 Å². The first kappa shape index (κ1) is 10.9. The molecule has 1 atom stereocenters. The third-order valence-electron chi connectivity index (χ3n) is 2.54. The van der Waals surface area contributed by atoms with Crippen molar-refractivity contribution in [2.75, 3.05) is 13.2 Å². The Morgan fingerprint density at radius 3 is 3.13 bits per heavy atom. The Labute approximate surface area is 93.4 Å². The summed E-state index contributed by atoms with van der Waals surface area (Å²) >= 11 is 5.68. The van der Waals surface area contributed by atoms with Crippen molar-refractivity contribution in [2.45, 2.75) is 19.0 Å². The van der Waals surface area contributed by atoms with Crippen molar-refractivity contribution in [1.29, 1.82) is 0 Å². The number of hydrogen-bond donors (Lipinski definition) is 1. The second-order valence-corrected chi connectivity index (χ2v) is 4.06. The molecule has 1 aliphatic heterocycles. The Hall–Kier alpha value is -0.640. The molecule has 1 saturated heterocycles. The van der Waals surface area contributed by atoms with Crippen LogP contribution in [0, 0.1) is 5.82 Å². The van der Waals surface area contributed by atoms with Crippen LogP contribution >= 0.6 is 11.6 Å². The Bertz CT molecular complexity index is 339. The van der Waals surface area contributed by atoms with E-state index in [9.17, 15) is 4.39 Å². The lowest BCUT2D eigenvalue weighted by Crippen LogP contribution is -2.28. The second kappa shape index (κ2) is 4.92. The van der Waals surface area contributed by atoms with Gasteiger partial charge in [-0.15, -0.1) is 0 Å². The van der Waals surface area contributed by atoms with Crippen LogP contribution in [0.25, 0.3) is 0 Å². The SMILES string of the molecule is Fc1c(Cl)cccc1CNC1CCOC1. The van der Waals surface area contributed by atoms with Crippen LogP contribution in [0.1, 0.15) is 12.0 Å².